The first-order valence-corrected chi connectivity index (χ1v) is 7.61. The Hall–Kier alpha value is -0.0800. The molecule has 2 rings (SSSR count). The molecule has 102 valence electrons. The maximum Gasteiger partial charge on any atom is 0.0484 e. The second kappa shape index (κ2) is 7.38. The first-order chi connectivity index (χ1) is 8.16. The molecule has 0 aromatic heterocycles. The highest BCUT2D eigenvalue weighted by molar-refractivity contribution is 4.88. The number of nitrogens with zero attached hydrogens (tertiary/aromatic N) is 1. The summed E-state index contributed by atoms with van der Waals surface area (Å²) in [4.78, 5) is 2.61. The van der Waals surface area contributed by atoms with Crippen LogP contribution >= 0.6 is 0 Å². The quantitative estimate of drug-likeness (QED) is 0.811. The lowest BCUT2D eigenvalue weighted by molar-refractivity contribution is 0.0713. The van der Waals surface area contributed by atoms with Crippen molar-refractivity contribution in [3.05, 3.63) is 0 Å². The van der Waals surface area contributed by atoms with Gasteiger partial charge in [0.1, 0.15) is 0 Å². The van der Waals surface area contributed by atoms with Gasteiger partial charge in [0.15, 0.2) is 0 Å². The fourth-order valence-corrected chi connectivity index (χ4v) is 3.21. The zero-order valence-corrected chi connectivity index (χ0v) is 12.5. The Morgan fingerprint density at radius 2 is 1.82 bits per heavy atom. The molecule has 1 unspecified atom stereocenters. The predicted molar refractivity (Wildman–Crippen MR) is 76.1 cm³/mol. The molecular weight excluding hydrogens is 208 g/mol. The minimum Gasteiger partial charge on any atom is -0.303 e. The van der Waals surface area contributed by atoms with Crippen LogP contribution in [-0.2, 0) is 0 Å². The topological polar surface area (TPSA) is 15.3 Å². The van der Waals surface area contributed by atoms with E-state index in [1.54, 1.807) is 0 Å². The van der Waals surface area contributed by atoms with Crippen LogP contribution in [-0.4, -0.2) is 30.7 Å². The van der Waals surface area contributed by atoms with E-state index in [9.17, 15) is 0 Å². The molecule has 2 aliphatic rings. The molecule has 2 nitrogen and oxygen atoms in total. The number of hydrogen-bond donors (Lipinski definition) is 1. The molecule has 1 aliphatic heterocycles. The van der Waals surface area contributed by atoms with Gasteiger partial charge in [-0.25, -0.2) is 0 Å². The van der Waals surface area contributed by atoms with E-state index in [1.807, 2.05) is 13.8 Å². The van der Waals surface area contributed by atoms with Gasteiger partial charge in [-0.2, -0.15) is 0 Å². The Labute approximate surface area is 108 Å². The highest BCUT2D eigenvalue weighted by Crippen LogP contribution is 2.41. The van der Waals surface area contributed by atoms with Crippen molar-refractivity contribution < 1.29 is 0 Å². The van der Waals surface area contributed by atoms with Gasteiger partial charge in [-0.3, -0.25) is 4.90 Å². The fraction of sp³-hybridized carbons (Fsp3) is 1.00. The van der Waals surface area contributed by atoms with Crippen LogP contribution in [0.5, 0.6) is 0 Å². The van der Waals surface area contributed by atoms with E-state index in [0.29, 0.717) is 0 Å². The van der Waals surface area contributed by atoms with Gasteiger partial charge in [0.05, 0.1) is 0 Å². The van der Waals surface area contributed by atoms with Gasteiger partial charge in [0, 0.05) is 25.8 Å². The average molecular weight is 240 g/mol. The van der Waals surface area contributed by atoms with E-state index in [2.05, 4.69) is 31.0 Å². The average Bonchev–Trinajstić information content (AvgIpc) is 2.78. The Kier molecular flexibility index (Phi) is 6.50. The Morgan fingerprint density at radius 3 is 2.29 bits per heavy atom. The molecule has 2 heteroatoms. The second-order valence-electron chi connectivity index (χ2n) is 5.94. The molecule has 0 bridgehead atoms. The zero-order valence-electron chi connectivity index (χ0n) is 12.5. The first-order valence-electron chi connectivity index (χ1n) is 7.61. The molecule has 1 atom stereocenters. The van der Waals surface area contributed by atoms with Crippen LogP contribution in [0.15, 0.2) is 0 Å². The van der Waals surface area contributed by atoms with Crippen LogP contribution in [0.2, 0.25) is 0 Å². The summed E-state index contributed by atoms with van der Waals surface area (Å²) in [7, 11) is 0. The lowest BCUT2D eigenvalue weighted by Gasteiger charge is -2.43. The molecule has 0 radical (unpaired) electrons. The van der Waals surface area contributed by atoms with Crippen LogP contribution in [0.4, 0.5) is 0 Å². The van der Waals surface area contributed by atoms with Gasteiger partial charge in [0.2, 0.25) is 0 Å². The first kappa shape index (κ1) is 15.0. The Morgan fingerprint density at radius 1 is 1.18 bits per heavy atom. The van der Waals surface area contributed by atoms with Gasteiger partial charge in [-0.05, 0) is 43.9 Å². The molecule has 0 spiro atoms. The molecule has 0 aromatic carbocycles. The maximum atomic E-state index is 3.43. The number of nitrogens with one attached hydrogen (secondary N) is 1. The summed E-state index contributed by atoms with van der Waals surface area (Å²) >= 11 is 0. The lowest BCUT2D eigenvalue weighted by atomic mass is 9.68. The SMILES string of the molecule is CC.CC(C)CC1CC(C(C)N2CCNC2)C1. The highest BCUT2D eigenvalue weighted by Gasteiger charge is 2.35. The van der Waals surface area contributed by atoms with Crippen molar-refractivity contribution in [2.24, 2.45) is 17.8 Å². The van der Waals surface area contributed by atoms with Crippen LogP contribution in [0, 0.1) is 17.8 Å². The van der Waals surface area contributed by atoms with Crippen molar-refractivity contribution in [1.29, 1.82) is 0 Å². The van der Waals surface area contributed by atoms with Crippen LogP contribution in [0.25, 0.3) is 0 Å². The molecule has 0 amide bonds. The number of hydrogen-bond acceptors (Lipinski definition) is 2. The Balaban J connectivity index is 0.000000686. The smallest absolute Gasteiger partial charge is 0.0484 e. The third-order valence-corrected chi connectivity index (χ3v) is 4.23. The highest BCUT2D eigenvalue weighted by atomic mass is 15.3. The van der Waals surface area contributed by atoms with E-state index in [0.717, 1.165) is 30.5 Å². The van der Waals surface area contributed by atoms with Gasteiger partial charge >= 0.3 is 0 Å². The van der Waals surface area contributed by atoms with Gasteiger partial charge in [0.25, 0.3) is 0 Å². The summed E-state index contributed by atoms with van der Waals surface area (Å²) in [5.41, 5.74) is 0. The third-order valence-electron chi connectivity index (χ3n) is 4.23. The summed E-state index contributed by atoms with van der Waals surface area (Å²) in [5.74, 6) is 2.90. The van der Waals surface area contributed by atoms with E-state index in [1.165, 1.54) is 32.4 Å². The molecular formula is C15H32N2. The molecule has 0 aromatic rings. The molecule has 1 aliphatic carbocycles. The fourth-order valence-electron chi connectivity index (χ4n) is 3.21. The zero-order chi connectivity index (χ0) is 12.8. The van der Waals surface area contributed by atoms with Gasteiger partial charge < -0.3 is 5.32 Å². The summed E-state index contributed by atoms with van der Waals surface area (Å²) < 4.78 is 0. The summed E-state index contributed by atoms with van der Waals surface area (Å²) in [5, 5.41) is 3.43. The maximum absolute atomic E-state index is 3.43. The van der Waals surface area contributed by atoms with E-state index in [-0.39, 0.29) is 0 Å². The standard InChI is InChI=1S/C13H26N2.C2H6/c1-10(2)6-12-7-13(8-12)11(3)15-5-4-14-9-15;1-2/h10-14H,4-9H2,1-3H3;1-2H3. The number of rotatable bonds is 4. The molecule has 1 saturated heterocycles. The molecule has 1 N–H and O–H groups in total. The molecule has 2 fully saturated rings. The van der Waals surface area contributed by atoms with Crippen LogP contribution < -0.4 is 5.32 Å². The largest absolute Gasteiger partial charge is 0.303 e. The van der Waals surface area contributed by atoms with Crippen molar-refractivity contribution in [2.75, 3.05) is 19.8 Å². The van der Waals surface area contributed by atoms with Crippen LogP contribution in [0.3, 0.4) is 0 Å². The molecule has 1 saturated carbocycles. The van der Waals surface area contributed by atoms with E-state index in [4.69, 9.17) is 0 Å². The van der Waals surface area contributed by atoms with E-state index < -0.39 is 0 Å². The summed E-state index contributed by atoms with van der Waals surface area (Å²) in [6.45, 7) is 14.7. The van der Waals surface area contributed by atoms with Crippen LogP contribution in [0.1, 0.15) is 53.9 Å². The minimum absolute atomic E-state index is 0.809. The van der Waals surface area contributed by atoms with E-state index >= 15 is 0 Å². The van der Waals surface area contributed by atoms with Crippen molar-refractivity contribution in [3.8, 4) is 0 Å². The van der Waals surface area contributed by atoms with Crippen molar-refractivity contribution in [3.63, 3.8) is 0 Å². The lowest BCUT2D eigenvalue weighted by Crippen LogP contribution is -2.43. The van der Waals surface area contributed by atoms with Gasteiger partial charge in [-0.15, -0.1) is 0 Å². The Bertz CT molecular complexity index is 191. The summed E-state index contributed by atoms with van der Waals surface area (Å²) in [6, 6.07) is 0.809. The monoisotopic (exact) mass is 240 g/mol. The van der Waals surface area contributed by atoms with Crippen molar-refractivity contribution in [1.82, 2.24) is 10.2 Å². The third kappa shape index (κ3) is 4.26. The second-order valence-corrected chi connectivity index (χ2v) is 5.94. The van der Waals surface area contributed by atoms with Gasteiger partial charge in [-0.1, -0.05) is 27.7 Å². The van der Waals surface area contributed by atoms with Crippen molar-refractivity contribution in [2.45, 2.75) is 59.9 Å². The predicted octanol–water partition coefficient (Wildman–Crippen LogP) is 3.34. The molecule has 1 heterocycles. The normalized spacial score (nSPS) is 30.7. The van der Waals surface area contributed by atoms with Crippen molar-refractivity contribution >= 4 is 0 Å². The minimum atomic E-state index is 0.809. The molecule has 17 heavy (non-hydrogen) atoms. The summed E-state index contributed by atoms with van der Waals surface area (Å²) in [6.07, 6.45) is 4.41.